The molecule has 0 unspecified atom stereocenters. The van der Waals surface area contributed by atoms with Gasteiger partial charge in [-0.15, -0.1) is 0 Å². The molecule has 0 spiro atoms. The Morgan fingerprint density at radius 2 is 2.00 bits per heavy atom. The molecule has 0 amide bonds. The van der Waals surface area contributed by atoms with Gasteiger partial charge in [0.2, 0.25) is 0 Å². The van der Waals surface area contributed by atoms with Crippen molar-refractivity contribution in [2.45, 2.75) is 52.2 Å². The molecule has 0 saturated heterocycles. The van der Waals surface area contributed by atoms with E-state index in [1.165, 1.54) is 0 Å². The van der Waals surface area contributed by atoms with E-state index < -0.39 is 6.10 Å². The number of carbonyl (C=O) groups excluding carboxylic acids is 1. The fourth-order valence-corrected chi connectivity index (χ4v) is 3.92. The zero-order valence-electron chi connectivity index (χ0n) is 11.5. The zero-order chi connectivity index (χ0) is 13.7. The minimum Gasteiger partial charge on any atom is -0.393 e. The Bertz CT molecular complexity index is 376. The van der Waals surface area contributed by atoms with Gasteiger partial charge in [-0.2, -0.15) is 0 Å². The topological polar surface area (TPSA) is 57.5 Å². The molecular formula is C15H24O3. The number of aliphatic hydroxyl groups excluding tert-OH is 2. The Morgan fingerprint density at radius 3 is 2.56 bits per heavy atom. The summed E-state index contributed by atoms with van der Waals surface area (Å²) < 4.78 is 0. The number of ketones is 1. The standard InChI is InChI=1S/C15H24O3/c1-8(2)10-7-15(4)9(3)12(16)6-5-11(15)14(18)13(10)17/h9-12,14,16,18H,1,5-7H2,2-4H3/t9-,10-,11-,12+,14-,15+/m0/s1. The second-order valence-electron chi connectivity index (χ2n) is 6.50. The summed E-state index contributed by atoms with van der Waals surface area (Å²) in [7, 11) is 0. The van der Waals surface area contributed by atoms with Crippen LogP contribution in [-0.4, -0.2) is 28.2 Å². The summed E-state index contributed by atoms with van der Waals surface area (Å²) in [5, 5.41) is 20.4. The molecule has 0 radical (unpaired) electrons. The molecule has 102 valence electrons. The summed E-state index contributed by atoms with van der Waals surface area (Å²) in [6.07, 6.45) is 0.917. The lowest BCUT2D eigenvalue weighted by Crippen LogP contribution is -2.57. The molecule has 0 aromatic rings. The first-order chi connectivity index (χ1) is 8.29. The van der Waals surface area contributed by atoms with Crippen LogP contribution in [0, 0.1) is 23.2 Å². The number of hydrogen-bond donors (Lipinski definition) is 2. The van der Waals surface area contributed by atoms with Crippen LogP contribution in [0.25, 0.3) is 0 Å². The average Bonchev–Trinajstić information content (AvgIpc) is 2.30. The monoisotopic (exact) mass is 252 g/mol. The van der Waals surface area contributed by atoms with Crippen LogP contribution in [0.2, 0.25) is 0 Å². The number of hydrogen-bond acceptors (Lipinski definition) is 3. The molecule has 18 heavy (non-hydrogen) atoms. The van der Waals surface area contributed by atoms with Gasteiger partial charge in [0.25, 0.3) is 0 Å². The van der Waals surface area contributed by atoms with Crippen molar-refractivity contribution in [3.63, 3.8) is 0 Å². The number of allylic oxidation sites excluding steroid dienone is 1. The van der Waals surface area contributed by atoms with Crippen molar-refractivity contribution in [1.82, 2.24) is 0 Å². The highest BCUT2D eigenvalue weighted by Gasteiger charge is 2.55. The highest BCUT2D eigenvalue weighted by molar-refractivity contribution is 5.88. The predicted molar refractivity (Wildman–Crippen MR) is 69.9 cm³/mol. The van der Waals surface area contributed by atoms with Crippen molar-refractivity contribution < 1.29 is 15.0 Å². The third kappa shape index (κ3) is 1.84. The van der Waals surface area contributed by atoms with E-state index in [4.69, 9.17) is 0 Å². The average molecular weight is 252 g/mol. The van der Waals surface area contributed by atoms with E-state index >= 15 is 0 Å². The molecule has 3 heteroatoms. The Kier molecular flexibility index (Phi) is 3.41. The van der Waals surface area contributed by atoms with Crippen LogP contribution in [0.5, 0.6) is 0 Å². The maximum atomic E-state index is 12.2. The fraction of sp³-hybridized carbons (Fsp3) is 0.800. The van der Waals surface area contributed by atoms with Gasteiger partial charge in [0.1, 0.15) is 6.10 Å². The summed E-state index contributed by atoms with van der Waals surface area (Å²) in [5.41, 5.74) is 0.653. The van der Waals surface area contributed by atoms with Gasteiger partial charge in [-0.3, -0.25) is 4.79 Å². The quantitative estimate of drug-likeness (QED) is 0.701. The molecule has 2 fully saturated rings. The maximum Gasteiger partial charge on any atom is 0.168 e. The highest BCUT2D eigenvalue weighted by atomic mass is 16.3. The van der Waals surface area contributed by atoms with Crippen LogP contribution in [0.1, 0.15) is 40.0 Å². The minimum absolute atomic E-state index is 0.0148. The van der Waals surface area contributed by atoms with Gasteiger partial charge in [0, 0.05) is 5.92 Å². The van der Waals surface area contributed by atoms with Gasteiger partial charge < -0.3 is 10.2 Å². The molecule has 6 atom stereocenters. The van der Waals surface area contributed by atoms with Gasteiger partial charge in [-0.25, -0.2) is 0 Å². The molecule has 0 heterocycles. The highest BCUT2D eigenvalue weighted by Crippen LogP contribution is 2.54. The lowest BCUT2D eigenvalue weighted by Gasteiger charge is -2.54. The summed E-state index contributed by atoms with van der Waals surface area (Å²) in [5.74, 6) is -0.234. The molecule has 2 N–H and O–H groups in total. The summed E-state index contributed by atoms with van der Waals surface area (Å²) in [4.78, 5) is 12.2. The summed E-state index contributed by atoms with van der Waals surface area (Å²) >= 11 is 0. The Hall–Kier alpha value is -0.670. The van der Waals surface area contributed by atoms with E-state index in [0.29, 0.717) is 12.8 Å². The third-order valence-corrected chi connectivity index (χ3v) is 5.49. The van der Waals surface area contributed by atoms with Crippen molar-refractivity contribution in [2.24, 2.45) is 23.2 Å². The lowest BCUT2D eigenvalue weighted by atomic mass is 9.51. The molecule has 3 nitrogen and oxygen atoms in total. The SMILES string of the molecule is C=C(C)[C@@H]1C[C@]2(C)[C@@H](C)[C@H](O)CC[C@H]2[C@H](O)C1=O. The van der Waals surface area contributed by atoms with Gasteiger partial charge >= 0.3 is 0 Å². The molecule has 2 aliphatic carbocycles. The number of carbonyl (C=O) groups is 1. The van der Waals surface area contributed by atoms with Crippen LogP contribution < -0.4 is 0 Å². The molecule has 0 aromatic heterocycles. The van der Waals surface area contributed by atoms with E-state index in [0.717, 1.165) is 12.0 Å². The Morgan fingerprint density at radius 1 is 1.39 bits per heavy atom. The minimum atomic E-state index is -0.889. The predicted octanol–water partition coefficient (Wildman–Crippen LogP) is 1.93. The number of fused-ring (bicyclic) bond motifs is 1. The van der Waals surface area contributed by atoms with Crippen LogP contribution in [-0.2, 0) is 4.79 Å². The van der Waals surface area contributed by atoms with Crippen molar-refractivity contribution in [1.29, 1.82) is 0 Å². The second-order valence-corrected chi connectivity index (χ2v) is 6.50. The second kappa shape index (κ2) is 4.46. The Labute approximate surface area is 109 Å². The van der Waals surface area contributed by atoms with Crippen LogP contribution >= 0.6 is 0 Å². The van der Waals surface area contributed by atoms with E-state index in [9.17, 15) is 15.0 Å². The number of rotatable bonds is 1. The smallest absolute Gasteiger partial charge is 0.168 e. The molecule has 0 aromatic carbocycles. The van der Waals surface area contributed by atoms with Crippen molar-refractivity contribution in [2.75, 3.05) is 0 Å². The first kappa shape index (κ1) is 13.8. The fourth-order valence-electron chi connectivity index (χ4n) is 3.92. The first-order valence-electron chi connectivity index (χ1n) is 6.84. The van der Waals surface area contributed by atoms with Gasteiger partial charge in [0.05, 0.1) is 6.10 Å². The Balaban J connectivity index is 2.36. The molecule has 2 rings (SSSR count). The molecular weight excluding hydrogens is 228 g/mol. The third-order valence-electron chi connectivity index (χ3n) is 5.49. The van der Waals surface area contributed by atoms with E-state index in [1.807, 2.05) is 13.8 Å². The summed E-state index contributed by atoms with van der Waals surface area (Å²) in [6.45, 7) is 9.88. The summed E-state index contributed by atoms with van der Waals surface area (Å²) in [6, 6.07) is 0. The number of aliphatic hydroxyl groups is 2. The first-order valence-corrected chi connectivity index (χ1v) is 6.84. The molecule has 2 aliphatic rings. The number of Topliss-reactive ketones (excluding diaryl/α,β-unsaturated/α-hetero) is 1. The van der Waals surface area contributed by atoms with Crippen molar-refractivity contribution >= 4 is 5.78 Å². The van der Waals surface area contributed by atoms with Crippen molar-refractivity contribution in [3.05, 3.63) is 12.2 Å². The zero-order valence-corrected chi connectivity index (χ0v) is 11.5. The van der Waals surface area contributed by atoms with Crippen molar-refractivity contribution in [3.8, 4) is 0 Å². The van der Waals surface area contributed by atoms with E-state index in [2.05, 4.69) is 13.5 Å². The van der Waals surface area contributed by atoms with Gasteiger partial charge in [-0.1, -0.05) is 26.0 Å². The molecule has 0 bridgehead atoms. The van der Waals surface area contributed by atoms with Gasteiger partial charge in [-0.05, 0) is 43.4 Å². The van der Waals surface area contributed by atoms with E-state index in [1.54, 1.807) is 0 Å². The largest absolute Gasteiger partial charge is 0.393 e. The molecule has 0 aliphatic heterocycles. The van der Waals surface area contributed by atoms with E-state index in [-0.39, 0.29) is 35.1 Å². The maximum absolute atomic E-state index is 12.2. The van der Waals surface area contributed by atoms with Crippen LogP contribution in [0.15, 0.2) is 12.2 Å². The normalized spacial score (nSPS) is 48.7. The lowest BCUT2D eigenvalue weighted by molar-refractivity contribution is -0.160. The molecule has 2 saturated carbocycles. The van der Waals surface area contributed by atoms with Gasteiger partial charge in [0.15, 0.2) is 5.78 Å². The van der Waals surface area contributed by atoms with Crippen LogP contribution in [0.3, 0.4) is 0 Å². The van der Waals surface area contributed by atoms with Crippen LogP contribution in [0.4, 0.5) is 0 Å².